The van der Waals surface area contributed by atoms with Crippen LogP contribution in [0.2, 0.25) is 0 Å². The second kappa shape index (κ2) is 5.18. The number of nitriles is 1. The molecule has 0 aliphatic rings. The zero-order valence-electron chi connectivity index (χ0n) is 12.7. The summed E-state index contributed by atoms with van der Waals surface area (Å²) in [6.07, 6.45) is 1.70. The smallest absolute Gasteiger partial charge is 0.335 e. The van der Waals surface area contributed by atoms with E-state index in [0.717, 1.165) is 16.8 Å². The summed E-state index contributed by atoms with van der Waals surface area (Å²) in [7, 11) is 0. The van der Waals surface area contributed by atoms with Crippen molar-refractivity contribution in [2.24, 2.45) is 0 Å². The molecule has 0 amide bonds. The molecule has 0 radical (unpaired) electrons. The molecule has 2 aromatic carbocycles. The van der Waals surface area contributed by atoms with E-state index in [4.69, 9.17) is 5.11 Å². The Bertz CT molecular complexity index is 976. The van der Waals surface area contributed by atoms with Gasteiger partial charge in [-0.3, -0.25) is 0 Å². The number of benzene rings is 2. The van der Waals surface area contributed by atoms with Crippen molar-refractivity contribution in [3.05, 3.63) is 58.8 Å². The first kappa shape index (κ1) is 14.7. The number of aromatic hydroxyl groups is 1. The molecule has 23 heavy (non-hydrogen) atoms. The van der Waals surface area contributed by atoms with Gasteiger partial charge in [-0.15, -0.1) is 0 Å². The third kappa shape index (κ3) is 2.21. The summed E-state index contributed by atoms with van der Waals surface area (Å²) in [4.78, 5) is 11.0. The number of aromatic carboxylic acids is 1. The number of fused-ring (bicyclic) bond motifs is 1. The predicted molar refractivity (Wildman–Crippen MR) is 86.1 cm³/mol. The zero-order chi connectivity index (χ0) is 16.7. The Balaban J connectivity index is 2.30. The largest absolute Gasteiger partial charge is 0.507 e. The number of carbonyl (C=O) groups is 1. The molecule has 1 heterocycles. The highest BCUT2D eigenvalue weighted by Crippen LogP contribution is 2.34. The van der Waals surface area contributed by atoms with Crippen LogP contribution in [0.4, 0.5) is 0 Å². The highest BCUT2D eigenvalue weighted by Gasteiger charge is 2.16. The lowest BCUT2D eigenvalue weighted by Crippen LogP contribution is -1.98. The van der Waals surface area contributed by atoms with Gasteiger partial charge in [0.15, 0.2) is 0 Å². The summed E-state index contributed by atoms with van der Waals surface area (Å²) in [6, 6.07) is 10.4. The van der Waals surface area contributed by atoms with Crippen LogP contribution in [0.1, 0.15) is 27.0 Å². The van der Waals surface area contributed by atoms with Crippen LogP contribution >= 0.6 is 0 Å². The van der Waals surface area contributed by atoms with Crippen LogP contribution in [0.15, 0.2) is 36.5 Å². The fourth-order valence-corrected chi connectivity index (χ4v) is 2.81. The molecule has 0 saturated carbocycles. The number of hydrogen-bond acceptors (Lipinski definition) is 3. The lowest BCUT2D eigenvalue weighted by atomic mass is 10.0. The van der Waals surface area contributed by atoms with E-state index in [2.05, 4.69) is 6.07 Å². The molecule has 2 N–H and O–H groups in total. The topological polar surface area (TPSA) is 86.2 Å². The Morgan fingerprint density at radius 2 is 1.87 bits per heavy atom. The van der Waals surface area contributed by atoms with Crippen LogP contribution in [0, 0.1) is 25.2 Å². The SMILES string of the molecule is Cc1cc2c(c(C#N)cn2-c2ccc(C(=O)O)cc2)c(C)c1O. The molecule has 1 aromatic heterocycles. The van der Waals surface area contributed by atoms with E-state index in [1.165, 1.54) is 12.1 Å². The first-order chi connectivity index (χ1) is 10.9. The number of phenols is 1. The summed E-state index contributed by atoms with van der Waals surface area (Å²) in [6.45, 7) is 3.59. The molecule has 5 heteroatoms. The number of aromatic nitrogens is 1. The molecule has 0 unspecified atom stereocenters. The van der Waals surface area contributed by atoms with Gasteiger partial charge in [-0.25, -0.2) is 4.79 Å². The van der Waals surface area contributed by atoms with E-state index < -0.39 is 5.97 Å². The average Bonchev–Trinajstić information content (AvgIpc) is 2.91. The summed E-state index contributed by atoms with van der Waals surface area (Å²) in [5, 5.41) is 29.2. The van der Waals surface area contributed by atoms with E-state index in [9.17, 15) is 15.2 Å². The highest BCUT2D eigenvalue weighted by atomic mass is 16.4. The predicted octanol–water partition coefficient (Wildman–Crippen LogP) is 3.52. The lowest BCUT2D eigenvalue weighted by molar-refractivity contribution is 0.0697. The van der Waals surface area contributed by atoms with Crippen molar-refractivity contribution in [3.63, 3.8) is 0 Å². The Morgan fingerprint density at radius 1 is 1.22 bits per heavy atom. The highest BCUT2D eigenvalue weighted by molar-refractivity contribution is 5.93. The molecule has 3 aromatic rings. The van der Waals surface area contributed by atoms with Crippen LogP contribution in [-0.2, 0) is 0 Å². The van der Waals surface area contributed by atoms with Crippen LogP contribution < -0.4 is 0 Å². The summed E-state index contributed by atoms with van der Waals surface area (Å²) >= 11 is 0. The molecule has 0 aliphatic carbocycles. The maximum absolute atomic E-state index is 11.0. The molecular formula is C18H14N2O3. The molecule has 0 fully saturated rings. The maximum Gasteiger partial charge on any atom is 0.335 e. The molecular weight excluding hydrogens is 292 g/mol. The Morgan fingerprint density at radius 3 is 2.43 bits per heavy atom. The van der Waals surface area contributed by atoms with Crippen molar-refractivity contribution < 1.29 is 15.0 Å². The summed E-state index contributed by atoms with van der Waals surface area (Å²) in [5.41, 5.74) is 3.62. The average molecular weight is 306 g/mol. The van der Waals surface area contributed by atoms with Crippen molar-refractivity contribution in [1.29, 1.82) is 5.26 Å². The maximum atomic E-state index is 11.0. The van der Waals surface area contributed by atoms with Crippen LogP contribution in [-0.4, -0.2) is 20.7 Å². The molecule has 0 saturated heterocycles. The fraction of sp³-hybridized carbons (Fsp3) is 0.111. The van der Waals surface area contributed by atoms with Crippen LogP contribution in [0.25, 0.3) is 16.6 Å². The zero-order valence-corrected chi connectivity index (χ0v) is 12.7. The fourth-order valence-electron chi connectivity index (χ4n) is 2.81. The van der Waals surface area contributed by atoms with Crippen molar-refractivity contribution in [1.82, 2.24) is 4.57 Å². The van der Waals surface area contributed by atoms with Gasteiger partial charge < -0.3 is 14.8 Å². The third-order valence-corrected chi connectivity index (χ3v) is 4.01. The number of phenolic OH excluding ortho intramolecular Hbond substituents is 1. The minimum absolute atomic E-state index is 0.188. The molecule has 0 atom stereocenters. The van der Waals surface area contributed by atoms with Crippen molar-refractivity contribution in [2.75, 3.05) is 0 Å². The molecule has 114 valence electrons. The van der Waals surface area contributed by atoms with Gasteiger partial charge in [0, 0.05) is 22.8 Å². The van der Waals surface area contributed by atoms with Gasteiger partial charge in [0.2, 0.25) is 0 Å². The van der Waals surface area contributed by atoms with Crippen molar-refractivity contribution in [3.8, 4) is 17.5 Å². The number of carboxylic acids is 1. The van der Waals surface area contributed by atoms with Crippen molar-refractivity contribution in [2.45, 2.75) is 13.8 Å². The van der Waals surface area contributed by atoms with Crippen LogP contribution in [0.5, 0.6) is 5.75 Å². The van der Waals surface area contributed by atoms with Gasteiger partial charge in [0.05, 0.1) is 16.6 Å². The normalized spacial score (nSPS) is 10.7. The Labute approximate surface area is 132 Å². The Hall–Kier alpha value is -3.26. The van der Waals surface area contributed by atoms with E-state index in [-0.39, 0.29) is 11.3 Å². The van der Waals surface area contributed by atoms with Gasteiger partial charge >= 0.3 is 5.97 Å². The monoisotopic (exact) mass is 306 g/mol. The third-order valence-electron chi connectivity index (χ3n) is 4.01. The van der Waals surface area contributed by atoms with E-state index in [0.29, 0.717) is 16.5 Å². The first-order valence-electron chi connectivity index (χ1n) is 7.02. The molecule has 0 bridgehead atoms. The van der Waals surface area contributed by atoms with E-state index in [1.54, 1.807) is 32.2 Å². The number of hydrogen-bond donors (Lipinski definition) is 2. The Kier molecular flexibility index (Phi) is 3.30. The van der Waals surface area contributed by atoms with Crippen molar-refractivity contribution >= 4 is 16.9 Å². The minimum Gasteiger partial charge on any atom is -0.507 e. The minimum atomic E-state index is -0.983. The van der Waals surface area contributed by atoms with Gasteiger partial charge in [-0.2, -0.15) is 5.26 Å². The molecule has 3 rings (SSSR count). The van der Waals surface area contributed by atoms with E-state index >= 15 is 0 Å². The van der Waals surface area contributed by atoms with Gasteiger partial charge in [-0.1, -0.05) is 0 Å². The standard InChI is InChI=1S/C18H14N2O3/c1-10-7-15-16(11(2)17(10)21)13(8-19)9-20(15)14-5-3-12(4-6-14)18(22)23/h3-7,9,21H,1-2H3,(H,22,23). The molecule has 5 nitrogen and oxygen atoms in total. The van der Waals surface area contributed by atoms with Crippen LogP contribution in [0.3, 0.4) is 0 Å². The second-order valence-corrected chi connectivity index (χ2v) is 5.44. The number of aryl methyl sites for hydroxylation is 2. The summed E-state index contributed by atoms with van der Waals surface area (Å²) in [5.74, 6) is -0.795. The lowest BCUT2D eigenvalue weighted by Gasteiger charge is -2.09. The number of nitrogens with zero attached hydrogens (tertiary/aromatic N) is 2. The van der Waals surface area contributed by atoms with Gasteiger partial charge in [-0.05, 0) is 49.7 Å². The summed E-state index contributed by atoms with van der Waals surface area (Å²) < 4.78 is 1.83. The van der Waals surface area contributed by atoms with Gasteiger partial charge in [0.1, 0.15) is 11.8 Å². The first-order valence-corrected chi connectivity index (χ1v) is 7.02. The second-order valence-electron chi connectivity index (χ2n) is 5.44. The molecule has 0 aliphatic heterocycles. The quantitative estimate of drug-likeness (QED) is 0.758. The van der Waals surface area contributed by atoms with E-state index in [1.807, 2.05) is 10.6 Å². The number of carboxylic acid groups (broad SMARTS) is 1. The molecule has 0 spiro atoms. The number of rotatable bonds is 2. The van der Waals surface area contributed by atoms with Gasteiger partial charge in [0.25, 0.3) is 0 Å².